The molecule has 2 unspecified atom stereocenters. The van der Waals surface area contributed by atoms with Crippen molar-refractivity contribution in [2.24, 2.45) is 11.1 Å². The summed E-state index contributed by atoms with van der Waals surface area (Å²) in [4.78, 5) is 1.04. The van der Waals surface area contributed by atoms with Crippen molar-refractivity contribution in [3.63, 3.8) is 0 Å². The summed E-state index contributed by atoms with van der Waals surface area (Å²) in [7, 11) is 0. The normalized spacial score (nSPS) is 27.9. The van der Waals surface area contributed by atoms with Crippen LogP contribution in [0, 0.1) is 12.3 Å². The fourth-order valence-corrected chi connectivity index (χ4v) is 3.36. The third kappa shape index (κ3) is 2.02. The summed E-state index contributed by atoms with van der Waals surface area (Å²) in [6.07, 6.45) is 1.44. The molecule has 1 aromatic heterocycles. The number of aliphatic hydroxyl groups excluding tert-OH is 1. The maximum Gasteiger partial charge on any atom is 0.0974 e. The molecule has 0 aliphatic carbocycles. The first kappa shape index (κ1) is 12.0. The van der Waals surface area contributed by atoms with E-state index in [9.17, 15) is 5.11 Å². The molecule has 1 aliphatic heterocycles. The van der Waals surface area contributed by atoms with Crippen LogP contribution in [0.3, 0.4) is 0 Å². The molecule has 16 heavy (non-hydrogen) atoms. The first-order chi connectivity index (χ1) is 7.69. The van der Waals surface area contributed by atoms with Gasteiger partial charge in [0.25, 0.3) is 0 Å². The predicted octanol–water partition coefficient (Wildman–Crippen LogP) is 1.85. The maximum atomic E-state index is 10.5. The molecule has 90 valence electrons. The third-order valence-corrected chi connectivity index (χ3v) is 4.56. The number of aliphatic hydroxyl groups is 1. The lowest BCUT2D eigenvalue weighted by atomic mass is 9.76. The summed E-state index contributed by atoms with van der Waals surface area (Å²) < 4.78 is 5.50. The topological polar surface area (TPSA) is 55.5 Å². The Bertz CT molecular complexity index is 345. The number of thiophene rings is 1. The minimum atomic E-state index is -0.488. The number of ether oxygens (including phenoxy) is 1. The summed E-state index contributed by atoms with van der Waals surface area (Å²) >= 11 is 1.60. The number of hydrogen-bond acceptors (Lipinski definition) is 4. The number of aryl methyl sites for hydroxylation is 1. The Morgan fingerprint density at radius 1 is 1.69 bits per heavy atom. The van der Waals surface area contributed by atoms with Crippen molar-refractivity contribution >= 4 is 11.3 Å². The molecule has 0 amide bonds. The Labute approximate surface area is 100 Å². The van der Waals surface area contributed by atoms with Crippen LogP contribution in [0.15, 0.2) is 11.4 Å². The number of rotatable bonds is 3. The molecule has 2 rings (SSSR count). The van der Waals surface area contributed by atoms with Gasteiger partial charge in [0.05, 0.1) is 12.7 Å². The molecule has 0 saturated carbocycles. The molecule has 0 aromatic carbocycles. The molecule has 0 spiro atoms. The monoisotopic (exact) mass is 241 g/mol. The largest absolute Gasteiger partial charge is 0.387 e. The zero-order chi connectivity index (χ0) is 11.6. The zero-order valence-corrected chi connectivity index (χ0v) is 10.4. The number of nitrogens with two attached hydrogens (primary N) is 1. The molecular weight excluding hydrogens is 222 g/mol. The van der Waals surface area contributed by atoms with Crippen LogP contribution >= 0.6 is 11.3 Å². The van der Waals surface area contributed by atoms with Crippen molar-refractivity contribution in [1.29, 1.82) is 0 Å². The van der Waals surface area contributed by atoms with Gasteiger partial charge in [0.2, 0.25) is 0 Å². The van der Waals surface area contributed by atoms with Gasteiger partial charge in [0.1, 0.15) is 0 Å². The van der Waals surface area contributed by atoms with Gasteiger partial charge in [-0.05, 0) is 36.8 Å². The molecule has 1 fully saturated rings. The van der Waals surface area contributed by atoms with Gasteiger partial charge < -0.3 is 15.6 Å². The fourth-order valence-electron chi connectivity index (χ4n) is 2.30. The first-order valence-electron chi connectivity index (χ1n) is 5.69. The van der Waals surface area contributed by atoms with E-state index in [4.69, 9.17) is 10.5 Å². The standard InChI is InChI=1S/C12H19NO2S/c1-9-3-6-16-10(9)11(14)12(7-13)4-2-5-15-8-12/h3,6,11,14H,2,4-5,7-8,13H2,1H3. The van der Waals surface area contributed by atoms with Gasteiger partial charge >= 0.3 is 0 Å². The molecular formula is C12H19NO2S. The lowest BCUT2D eigenvalue weighted by Gasteiger charge is -2.39. The van der Waals surface area contributed by atoms with E-state index in [2.05, 4.69) is 0 Å². The first-order valence-corrected chi connectivity index (χ1v) is 6.57. The third-order valence-electron chi connectivity index (χ3n) is 3.49. The smallest absolute Gasteiger partial charge is 0.0974 e. The lowest BCUT2D eigenvalue weighted by Crippen LogP contribution is -2.43. The summed E-state index contributed by atoms with van der Waals surface area (Å²) in [5.41, 5.74) is 6.73. The van der Waals surface area contributed by atoms with Crippen LogP contribution in [0.2, 0.25) is 0 Å². The van der Waals surface area contributed by atoms with Crippen molar-refractivity contribution < 1.29 is 9.84 Å². The summed E-state index contributed by atoms with van der Waals surface area (Å²) in [5.74, 6) is 0. The molecule has 2 heterocycles. The van der Waals surface area contributed by atoms with Crippen molar-refractivity contribution in [2.75, 3.05) is 19.8 Å². The van der Waals surface area contributed by atoms with E-state index in [0.717, 1.165) is 29.9 Å². The van der Waals surface area contributed by atoms with E-state index >= 15 is 0 Å². The Balaban J connectivity index is 2.24. The van der Waals surface area contributed by atoms with Gasteiger partial charge in [-0.15, -0.1) is 11.3 Å². The highest BCUT2D eigenvalue weighted by Crippen LogP contribution is 2.42. The Kier molecular flexibility index (Phi) is 3.64. The Hall–Kier alpha value is -0.420. The van der Waals surface area contributed by atoms with Crippen LogP contribution in [0.1, 0.15) is 29.4 Å². The zero-order valence-electron chi connectivity index (χ0n) is 9.61. The van der Waals surface area contributed by atoms with Crippen LogP contribution in [0.5, 0.6) is 0 Å². The second-order valence-corrected chi connectivity index (χ2v) is 5.54. The molecule has 0 bridgehead atoms. The summed E-state index contributed by atoms with van der Waals surface area (Å²) in [5, 5.41) is 12.5. The van der Waals surface area contributed by atoms with Crippen molar-refractivity contribution in [1.82, 2.24) is 0 Å². The van der Waals surface area contributed by atoms with Crippen LogP contribution in [0.25, 0.3) is 0 Å². The van der Waals surface area contributed by atoms with Crippen LogP contribution in [-0.2, 0) is 4.74 Å². The van der Waals surface area contributed by atoms with Crippen LogP contribution in [-0.4, -0.2) is 24.9 Å². The minimum Gasteiger partial charge on any atom is -0.387 e. The SMILES string of the molecule is Cc1ccsc1C(O)C1(CN)CCCOC1. The van der Waals surface area contributed by atoms with Gasteiger partial charge in [-0.25, -0.2) is 0 Å². The van der Waals surface area contributed by atoms with Crippen molar-refractivity contribution in [2.45, 2.75) is 25.9 Å². The predicted molar refractivity (Wildman–Crippen MR) is 65.6 cm³/mol. The number of hydrogen-bond donors (Lipinski definition) is 2. The molecule has 4 heteroatoms. The van der Waals surface area contributed by atoms with Crippen molar-refractivity contribution in [3.05, 3.63) is 21.9 Å². The lowest BCUT2D eigenvalue weighted by molar-refractivity contribution is -0.0770. The summed E-state index contributed by atoms with van der Waals surface area (Å²) in [6.45, 7) is 3.87. The molecule has 0 radical (unpaired) electrons. The molecule has 2 atom stereocenters. The molecule has 3 nitrogen and oxygen atoms in total. The average molecular weight is 241 g/mol. The molecule has 1 saturated heterocycles. The molecule has 1 aliphatic rings. The van der Waals surface area contributed by atoms with Crippen LogP contribution < -0.4 is 5.73 Å². The quantitative estimate of drug-likeness (QED) is 0.849. The second kappa shape index (κ2) is 4.84. The van der Waals surface area contributed by atoms with Gasteiger partial charge in [-0.1, -0.05) is 0 Å². The molecule has 3 N–H and O–H groups in total. The van der Waals surface area contributed by atoms with Crippen molar-refractivity contribution in [3.8, 4) is 0 Å². The van der Waals surface area contributed by atoms with E-state index in [1.807, 2.05) is 18.4 Å². The summed E-state index contributed by atoms with van der Waals surface area (Å²) in [6, 6.07) is 2.04. The Morgan fingerprint density at radius 3 is 3.00 bits per heavy atom. The van der Waals surface area contributed by atoms with Gasteiger partial charge in [-0.3, -0.25) is 0 Å². The highest BCUT2D eigenvalue weighted by Gasteiger charge is 2.40. The highest BCUT2D eigenvalue weighted by molar-refractivity contribution is 7.10. The van der Waals surface area contributed by atoms with E-state index in [0.29, 0.717) is 13.2 Å². The fraction of sp³-hybridized carbons (Fsp3) is 0.667. The van der Waals surface area contributed by atoms with E-state index in [1.54, 1.807) is 11.3 Å². The van der Waals surface area contributed by atoms with E-state index in [1.165, 1.54) is 0 Å². The van der Waals surface area contributed by atoms with E-state index < -0.39 is 6.10 Å². The Morgan fingerprint density at radius 2 is 2.50 bits per heavy atom. The van der Waals surface area contributed by atoms with Gasteiger partial charge in [0, 0.05) is 23.4 Å². The average Bonchev–Trinajstić information content (AvgIpc) is 2.75. The minimum absolute atomic E-state index is 0.284. The molecule has 1 aromatic rings. The van der Waals surface area contributed by atoms with E-state index in [-0.39, 0.29) is 5.41 Å². The highest BCUT2D eigenvalue weighted by atomic mass is 32.1. The van der Waals surface area contributed by atoms with Gasteiger partial charge in [0.15, 0.2) is 0 Å². The second-order valence-electron chi connectivity index (χ2n) is 4.59. The van der Waals surface area contributed by atoms with Crippen LogP contribution in [0.4, 0.5) is 0 Å². The maximum absolute atomic E-state index is 10.5. The van der Waals surface area contributed by atoms with Gasteiger partial charge in [-0.2, -0.15) is 0 Å².